The Kier molecular flexibility index (Phi) is 3.58. The van der Waals surface area contributed by atoms with Gasteiger partial charge in [0.05, 0.1) is 10.7 Å². The average Bonchev–Trinajstić information content (AvgIpc) is 2.09. The van der Waals surface area contributed by atoms with E-state index in [9.17, 15) is 0 Å². The fraction of sp³-hybridized carbons (Fsp3) is 0.400. The minimum atomic E-state index is 0.250. The van der Waals surface area contributed by atoms with Crippen LogP contribution in [0.4, 0.5) is 5.69 Å². The van der Waals surface area contributed by atoms with Crippen LogP contribution >= 0.6 is 11.6 Å². The van der Waals surface area contributed by atoms with Crippen molar-refractivity contribution < 1.29 is 0 Å². The summed E-state index contributed by atoms with van der Waals surface area (Å²) in [6.07, 6.45) is 0. The fourth-order valence-corrected chi connectivity index (χ4v) is 1.35. The molecule has 0 heterocycles. The predicted molar refractivity (Wildman–Crippen MR) is 58.3 cm³/mol. The molecule has 1 aromatic carbocycles. The summed E-state index contributed by atoms with van der Waals surface area (Å²) in [6, 6.07) is 6.19. The molecule has 0 amide bonds. The highest BCUT2D eigenvalue weighted by molar-refractivity contribution is 6.33. The highest BCUT2D eigenvalue weighted by atomic mass is 35.5. The van der Waals surface area contributed by atoms with Crippen molar-refractivity contribution in [3.63, 3.8) is 0 Å². The summed E-state index contributed by atoms with van der Waals surface area (Å²) in [6.45, 7) is 4.64. The highest BCUT2D eigenvalue weighted by Crippen LogP contribution is 2.22. The SMILES string of the molecule is Cc1ccc(NC(C)CN)c(Cl)c1. The first-order valence-corrected chi connectivity index (χ1v) is 4.74. The second kappa shape index (κ2) is 4.49. The van der Waals surface area contributed by atoms with Gasteiger partial charge in [-0.05, 0) is 31.5 Å². The molecule has 2 nitrogen and oxygen atoms in total. The van der Waals surface area contributed by atoms with Crippen LogP contribution in [0.3, 0.4) is 0 Å². The van der Waals surface area contributed by atoms with Gasteiger partial charge < -0.3 is 11.1 Å². The normalized spacial score (nSPS) is 12.6. The molecule has 3 N–H and O–H groups in total. The molecule has 1 rings (SSSR count). The van der Waals surface area contributed by atoms with Crippen molar-refractivity contribution in [1.29, 1.82) is 0 Å². The van der Waals surface area contributed by atoms with E-state index in [4.69, 9.17) is 17.3 Å². The van der Waals surface area contributed by atoms with E-state index in [0.29, 0.717) is 6.54 Å². The van der Waals surface area contributed by atoms with Gasteiger partial charge in [-0.1, -0.05) is 17.7 Å². The molecule has 0 spiro atoms. The lowest BCUT2D eigenvalue weighted by molar-refractivity contribution is 0.804. The lowest BCUT2D eigenvalue weighted by Gasteiger charge is -2.14. The maximum atomic E-state index is 6.03. The second-order valence-corrected chi connectivity index (χ2v) is 3.67. The van der Waals surface area contributed by atoms with E-state index >= 15 is 0 Å². The summed E-state index contributed by atoms with van der Waals surface area (Å²) < 4.78 is 0. The third kappa shape index (κ3) is 2.90. The van der Waals surface area contributed by atoms with Crippen molar-refractivity contribution >= 4 is 17.3 Å². The largest absolute Gasteiger partial charge is 0.380 e. The molecular weight excluding hydrogens is 184 g/mol. The number of aryl methyl sites for hydroxylation is 1. The zero-order valence-corrected chi connectivity index (χ0v) is 8.73. The van der Waals surface area contributed by atoms with E-state index in [0.717, 1.165) is 16.3 Å². The molecule has 0 saturated heterocycles. The van der Waals surface area contributed by atoms with Crippen LogP contribution in [0.5, 0.6) is 0 Å². The van der Waals surface area contributed by atoms with Crippen molar-refractivity contribution in [3.05, 3.63) is 28.8 Å². The molecule has 1 atom stereocenters. The first kappa shape index (κ1) is 10.4. The van der Waals surface area contributed by atoms with E-state index < -0.39 is 0 Å². The maximum Gasteiger partial charge on any atom is 0.0640 e. The van der Waals surface area contributed by atoms with E-state index in [1.807, 2.05) is 32.0 Å². The average molecular weight is 199 g/mol. The van der Waals surface area contributed by atoms with Gasteiger partial charge in [0.15, 0.2) is 0 Å². The van der Waals surface area contributed by atoms with Crippen LogP contribution in [-0.2, 0) is 0 Å². The van der Waals surface area contributed by atoms with Crippen LogP contribution in [0, 0.1) is 6.92 Å². The van der Waals surface area contributed by atoms with Crippen molar-refractivity contribution in [2.24, 2.45) is 5.73 Å². The van der Waals surface area contributed by atoms with Gasteiger partial charge in [0.1, 0.15) is 0 Å². The van der Waals surface area contributed by atoms with Gasteiger partial charge >= 0.3 is 0 Å². The molecule has 1 aromatic rings. The molecule has 1 unspecified atom stereocenters. The number of rotatable bonds is 3. The molecular formula is C10H15ClN2. The Morgan fingerprint density at radius 3 is 2.77 bits per heavy atom. The number of halogens is 1. The third-order valence-electron chi connectivity index (χ3n) is 1.88. The first-order chi connectivity index (χ1) is 6.13. The smallest absolute Gasteiger partial charge is 0.0640 e. The van der Waals surface area contributed by atoms with Crippen LogP contribution in [0.15, 0.2) is 18.2 Å². The molecule has 0 fully saturated rings. The maximum absolute atomic E-state index is 6.03. The Morgan fingerprint density at radius 2 is 2.23 bits per heavy atom. The summed E-state index contributed by atoms with van der Waals surface area (Å²) in [5, 5.41) is 3.98. The Morgan fingerprint density at radius 1 is 1.54 bits per heavy atom. The monoisotopic (exact) mass is 198 g/mol. The standard InChI is InChI=1S/C10H15ClN2/c1-7-3-4-10(9(11)5-7)13-8(2)6-12/h3-5,8,13H,6,12H2,1-2H3. The van der Waals surface area contributed by atoms with Crippen LogP contribution in [-0.4, -0.2) is 12.6 Å². The summed E-state index contributed by atoms with van der Waals surface area (Å²) in [4.78, 5) is 0. The van der Waals surface area contributed by atoms with E-state index in [1.165, 1.54) is 0 Å². The topological polar surface area (TPSA) is 38.0 Å². The molecule has 13 heavy (non-hydrogen) atoms. The Hall–Kier alpha value is -0.730. The van der Waals surface area contributed by atoms with Gasteiger partial charge in [0.2, 0.25) is 0 Å². The Balaban J connectivity index is 2.77. The molecule has 0 radical (unpaired) electrons. The fourth-order valence-electron chi connectivity index (χ4n) is 1.06. The number of nitrogens with two attached hydrogens (primary N) is 1. The molecule has 0 bridgehead atoms. The van der Waals surface area contributed by atoms with Crippen molar-refractivity contribution in [2.45, 2.75) is 19.9 Å². The van der Waals surface area contributed by atoms with E-state index in [-0.39, 0.29) is 6.04 Å². The quantitative estimate of drug-likeness (QED) is 0.783. The summed E-state index contributed by atoms with van der Waals surface area (Å²) in [7, 11) is 0. The van der Waals surface area contributed by atoms with Crippen LogP contribution in [0.25, 0.3) is 0 Å². The van der Waals surface area contributed by atoms with Gasteiger partial charge in [-0.15, -0.1) is 0 Å². The van der Waals surface area contributed by atoms with Gasteiger partial charge in [0, 0.05) is 12.6 Å². The second-order valence-electron chi connectivity index (χ2n) is 3.26. The van der Waals surface area contributed by atoms with Gasteiger partial charge in [0.25, 0.3) is 0 Å². The summed E-state index contributed by atoms with van der Waals surface area (Å²) in [5.41, 5.74) is 7.61. The van der Waals surface area contributed by atoms with Crippen LogP contribution < -0.4 is 11.1 Å². The first-order valence-electron chi connectivity index (χ1n) is 4.36. The van der Waals surface area contributed by atoms with Crippen LogP contribution in [0.2, 0.25) is 5.02 Å². The zero-order chi connectivity index (χ0) is 9.84. The molecule has 72 valence electrons. The van der Waals surface area contributed by atoms with E-state index in [2.05, 4.69) is 5.32 Å². The summed E-state index contributed by atoms with van der Waals surface area (Å²) in [5.74, 6) is 0. The Bertz CT molecular complexity index is 286. The number of nitrogens with one attached hydrogen (secondary N) is 1. The molecule has 3 heteroatoms. The van der Waals surface area contributed by atoms with E-state index in [1.54, 1.807) is 0 Å². The lowest BCUT2D eigenvalue weighted by atomic mass is 10.2. The highest BCUT2D eigenvalue weighted by Gasteiger charge is 2.02. The third-order valence-corrected chi connectivity index (χ3v) is 2.19. The molecule has 0 aliphatic heterocycles. The zero-order valence-electron chi connectivity index (χ0n) is 7.97. The lowest BCUT2D eigenvalue weighted by Crippen LogP contribution is -2.25. The molecule has 0 saturated carbocycles. The number of benzene rings is 1. The molecule has 0 aliphatic rings. The van der Waals surface area contributed by atoms with Gasteiger partial charge in [-0.2, -0.15) is 0 Å². The van der Waals surface area contributed by atoms with Crippen molar-refractivity contribution in [2.75, 3.05) is 11.9 Å². The minimum Gasteiger partial charge on any atom is -0.380 e. The number of hydrogen-bond donors (Lipinski definition) is 2. The van der Waals surface area contributed by atoms with Crippen LogP contribution in [0.1, 0.15) is 12.5 Å². The minimum absolute atomic E-state index is 0.250. The summed E-state index contributed by atoms with van der Waals surface area (Å²) >= 11 is 6.03. The van der Waals surface area contributed by atoms with Gasteiger partial charge in [-0.3, -0.25) is 0 Å². The van der Waals surface area contributed by atoms with Crippen molar-refractivity contribution in [1.82, 2.24) is 0 Å². The van der Waals surface area contributed by atoms with Crippen molar-refractivity contribution in [3.8, 4) is 0 Å². The number of anilines is 1. The molecule has 0 aromatic heterocycles. The number of hydrogen-bond acceptors (Lipinski definition) is 2. The predicted octanol–water partition coefficient (Wildman–Crippen LogP) is 2.41. The Labute approximate surface area is 84.1 Å². The molecule has 0 aliphatic carbocycles. The van der Waals surface area contributed by atoms with Gasteiger partial charge in [-0.25, -0.2) is 0 Å².